The number of ketones is 1. The van der Waals surface area contributed by atoms with Crippen LogP contribution in [0, 0.1) is 5.92 Å². The number of carbonyl (C=O) groups excluding carboxylic acids is 2. The summed E-state index contributed by atoms with van der Waals surface area (Å²) < 4.78 is 0. The fourth-order valence-corrected chi connectivity index (χ4v) is 1.61. The number of nitrogens with one attached hydrogen (secondary N) is 1. The smallest absolute Gasteiger partial charge is 0.237 e. The molecule has 0 bridgehead atoms. The second kappa shape index (κ2) is 7.69. The average Bonchev–Trinajstić information content (AvgIpc) is 2.44. The van der Waals surface area contributed by atoms with E-state index in [4.69, 9.17) is 5.73 Å². The van der Waals surface area contributed by atoms with Crippen LogP contribution in [0.4, 0.5) is 0 Å². The summed E-state index contributed by atoms with van der Waals surface area (Å²) in [6, 6.07) is 8.95. The molecule has 0 aliphatic rings. The summed E-state index contributed by atoms with van der Waals surface area (Å²) in [4.78, 5) is 23.3. The molecule has 4 nitrogen and oxygen atoms in total. The summed E-state index contributed by atoms with van der Waals surface area (Å²) in [5, 5.41) is 2.58. The van der Waals surface area contributed by atoms with E-state index in [9.17, 15) is 9.59 Å². The molecule has 0 heterocycles. The van der Waals surface area contributed by atoms with Crippen molar-refractivity contribution < 1.29 is 9.59 Å². The summed E-state index contributed by atoms with van der Waals surface area (Å²) in [6.07, 6.45) is 1.17. The lowest BCUT2D eigenvalue weighted by Crippen LogP contribution is -2.44. The van der Waals surface area contributed by atoms with Crippen LogP contribution in [0.5, 0.6) is 0 Å². The normalized spacial score (nSPS) is 12.2. The highest BCUT2D eigenvalue weighted by Gasteiger charge is 2.17. The first-order valence-electron chi connectivity index (χ1n) is 6.47. The maximum absolute atomic E-state index is 11.8. The van der Waals surface area contributed by atoms with Crippen molar-refractivity contribution >= 4 is 11.7 Å². The fourth-order valence-electron chi connectivity index (χ4n) is 1.61. The van der Waals surface area contributed by atoms with Gasteiger partial charge in [0.2, 0.25) is 5.91 Å². The van der Waals surface area contributed by atoms with Crippen molar-refractivity contribution in [1.29, 1.82) is 0 Å². The van der Waals surface area contributed by atoms with Gasteiger partial charge in [-0.05, 0) is 18.4 Å². The molecule has 1 rings (SSSR count). The van der Waals surface area contributed by atoms with Crippen LogP contribution in [0.25, 0.3) is 0 Å². The van der Waals surface area contributed by atoms with Crippen molar-refractivity contribution in [2.45, 2.75) is 32.7 Å². The Morgan fingerprint density at radius 2 is 1.89 bits per heavy atom. The Morgan fingerprint density at radius 3 is 2.47 bits per heavy atom. The van der Waals surface area contributed by atoms with Crippen LogP contribution in [-0.2, 0) is 16.0 Å². The topological polar surface area (TPSA) is 72.2 Å². The van der Waals surface area contributed by atoms with E-state index in [1.807, 2.05) is 37.3 Å². The van der Waals surface area contributed by atoms with Gasteiger partial charge < -0.3 is 11.1 Å². The molecule has 1 aromatic carbocycles. The number of amides is 1. The van der Waals surface area contributed by atoms with E-state index in [2.05, 4.69) is 5.32 Å². The van der Waals surface area contributed by atoms with Crippen LogP contribution in [-0.4, -0.2) is 24.3 Å². The molecule has 0 saturated heterocycles. The number of hydrogen-bond donors (Lipinski definition) is 2. The molecule has 0 aliphatic carbocycles. The highest BCUT2D eigenvalue weighted by atomic mass is 16.2. The second-order valence-corrected chi connectivity index (χ2v) is 4.57. The van der Waals surface area contributed by atoms with Gasteiger partial charge in [0.25, 0.3) is 0 Å². The molecule has 0 aromatic heterocycles. The van der Waals surface area contributed by atoms with Crippen LogP contribution in [0.2, 0.25) is 0 Å². The van der Waals surface area contributed by atoms with Gasteiger partial charge in [-0.3, -0.25) is 9.59 Å². The third kappa shape index (κ3) is 5.22. The van der Waals surface area contributed by atoms with E-state index >= 15 is 0 Å². The van der Waals surface area contributed by atoms with Gasteiger partial charge in [0.1, 0.15) is 0 Å². The molecule has 4 heteroatoms. The Hall–Kier alpha value is -1.68. The van der Waals surface area contributed by atoms with Gasteiger partial charge in [0.15, 0.2) is 5.78 Å². The van der Waals surface area contributed by atoms with E-state index < -0.39 is 6.04 Å². The fraction of sp³-hybridized carbons (Fsp3) is 0.400. The van der Waals surface area contributed by atoms with Crippen LogP contribution >= 0.6 is 0 Å². The number of hydrogen-bond acceptors (Lipinski definition) is 3. The molecule has 0 spiro atoms. The Balaban J connectivity index is 2.39. The summed E-state index contributed by atoms with van der Waals surface area (Å²) >= 11 is 0. The second-order valence-electron chi connectivity index (χ2n) is 4.57. The standard InChI is InChI=1S/C15H21N2O2/c1-3-11(2)14(18)10-17-15(19)13(16)9-12-7-5-4-6-8-12/h4-8,13H,3,9-10,16H2,1-2H3,(H,17,19)/t13-/m0/s1. The molecular weight excluding hydrogens is 240 g/mol. The number of nitrogens with two attached hydrogens (primary N) is 1. The van der Waals surface area contributed by atoms with Crippen molar-refractivity contribution in [2.24, 2.45) is 5.73 Å². The maximum atomic E-state index is 11.8. The zero-order valence-electron chi connectivity index (χ0n) is 11.5. The molecule has 0 unspecified atom stereocenters. The first kappa shape index (κ1) is 15.4. The third-order valence-corrected chi connectivity index (χ3v) is 3.06. The van der Waals surface area contributed by atoms with Gasteiger partial charge in [0.05, 0.1) is 12.6 Å². The summed E-state index contributed by atoms with van der Waals surface area (Å²) in [7, 11) is 0. The molecule has 3 N–H and O–H groups in total. The Morgan fingerprint density at radius 1 is 1.26 bits per heavy atom. The van der Waals surface area contributed by atoms with E-state index in [1.165, 1.54) is 0 Å². The molecule has 0 saturated carbocycles. The molecule has 19 heavy (non-hydrogen) atoms. The van der Waals surface area contributed by atoms with Crippen LogP contribution < -0.4 is 11.1 Å². The molecule has 1 atom stereocenters. The van der Waals surface area contributed by atoms with Crippen molar-refractivity contribution in [3.05, 3.63) is 41.8 Å². The number of Topliss-reactive ketones (excluding diaryl/α,β-unsaturated/α-hetero) is 1. The van der Waals surface area contributed by atoms with E-state index in [0.717, 1.165) is 11.5 Å². The lowest BCUT2D eigenvalue weighted by molar-refractivity contribution is -0.125. The first-order chi connectivity index (χ1) is 9.04. The van der Waals surface area contributed by atoms with Gasteiger partial charge in [-0.2, -0.15) is 0 Å². The number of rotatable bonds is 7. The first-order valence-corrected chi connectivity index (χ1v) is 6.47. The lowest BCUT2D eigenvalue weighted by atomic mass is 10.0. The predicted molar refractivity (Wildman–Crippen MR) is 75.3 cm³/mol. The largest absolute Gasteiger partial charge is 0.348 e. The van der Waals surface area contributed by atoms with Crippen molar-refractivity contribution in [2.75, 3.05) is 6.54 Å². The number of benzene rings is 1. The highest BCUT2D eigenvalue weighted by molar-refractivity contribution is 5.96. The molecule has 103 valence electrons. The molecular formula is C15H21N2O2. The van der Waals surface area contributed by atoms with Gasteiger partial charge in [-0.25, -0.2) is 0 Å². The third-order valence-electron chi connectivity index (χ3n) is 3.06. The minimum absolute atomic E-state index is 0.0288. The SMILES string of the molecule is CC[C](C)C(=O)CNC(=O)[C@@H](N)Cc1ccccc1. The highest BCUT2D eigenvalue weighted by Crippen LogP contribution is 2.04. The molecule has 0 aliphatic heterocycles. The number of carbonyl (C=O) groups is 2. The zero-order valence-corrected chi connectivity index (χ0v) is 11.5. The maximum Gasteiger partial charge on any atom is 0.237 e. The summed E-state index contributed by atoms with van der Waals surface area (Å²) in [6.45, 7) is 3.72. The van der Waals surface area contributed by atoms with E-state index in [-0.39, 0.29) is 18.2 Å². The summed E-state index contributed by atoms with van der Waals surface area (Å²) in [5.41, 5.74) is 6.82. The molecule has 1 aromatic rings. The Kier molecular flexibility index (Phi) is 6.22. The molecule has 1 amide bonds. The van der Waals surface area contributed by atoms with Crippen molar-refractivity contribution in [1.82, 2.24) is 5.32 Å². The minimum atomic E-state index is -0.628. The van der Waals surface area contributed by atoms with Gasteiger partial charge in [0, 0.05) is 5.92 Å². The Labute approximate surface area is 114 Å². The van der Waals surface area contributed by atoms with Crippen molar-refractivity contribution in [3.8, 4) is 0 Å². The average molecular weight is 261 g/mol. The van der Waals surface area contributed by atoms with Gasteiger partial charge in [-0.1, -0.05) is 44.2 Å². The quantitative estimate of drug-likeness (QED) is 0.776. The lowest BCUT2D eigenvalue weighted by Gasteiger charge is -2.13. The molecule has 1 radical (unpaired) electrons. The van der Waals surface area contributed by atoms with Crippen LogP contribution in [0.15, 0.2) is 30.3 Å². The van der Waals surface area contributed by atoms with E-state index in [1.54, 1.807) is 6.92 Å². The monoisotopic (exact) mass is 261 g/mol. The predicted octanol–water partition coefficient (Wildman–Crippen LogP) is 1.25. The van der Waals surface area contributed by atoms with Crippen molar-refractivity contribution in [3.63, 3.8) is 0 Å². The van der Waals surface area contributed by atoms with Gasteiger partial charge in [-0.15, -0.1) is 0 Å². The minimum Gasteiger partial charge on any atom is -0.348 e. The van der Waals surface area contributed by atoms with Gasteiger partial charge >= 0.3 is 0 Å². The molecule has 0 fully saturated rings. The Bertz CT molecular complexity index is 417. The zero-order chi connectivity index (χ0) is 14.3. The van der Waals surface area contributed by atoms with E-state index in [0.29, 0.717) is 12.8 Å². The summed E-state index contributed by atoms with van der Waals surface area (Å²) in [5.74, 6) is 0.431. The van der Waals surface area contributed by atoms with Crippen LogP contribution in [0.3, 0.4) is 0 Å². The van der Waals surface area contributed by atoms with Crippen LogP contribution in [0.1, 0.15) is 25.8 Å².